The quantitative estimate of drug-likeness (QED) is 0.595. The highest BCUT2D eigenvalue weighted by atomic mass is 79.9. The molecule has 0 aliphatic rings. The van der Waals surface area contributed by atoms with Gasteiger partial charge in [0.15, 0.2) is 5.75 Å². The summed E-state index contributed by atoms with van der Waals surface area (Å²) < 4.78 is 30.7. The maximum Gasteiger partial charge on any atom is 0.322 e. The summed E-state index contributed by atoms with van der Waals surface area (Å²) in [6.45, 7) is 0. The average molecular weight is 367 g/mol. The summed E-state index contributed by atoms with van der Waals surface area (Å²) in [6.07, 6.45) is 0. The van der Waals surface area contributed by atoms with Crippen LogP contribution in [0.2, 0.25) is 0 Å². The molecule has 0 amide bonds. The molecule has 104 valence electrons. The van der Waals surface area contributed by atoms with Crippen molar-refractivity contribution in [3.63, 3.8) is 0 Å². The molecule has 0 atom stereocenters. The van der Waals surface area contributed by atoms with E-state index in [0.29, 0.717) is 10.0 Å². The minimum absolute atomic E-state index is 0.0390. The number of nitrogens with two attached hydrogens (primary N) is 1. The Morgan fingerprint density at radius 2 is 2.16 bits per heavy atom. The molecule has 0 unspecified atom stereocenters. The average Bonchev–Trinajstić information content (AvgIpc) is 2.30. The van der Waals surface area contributed by atoms with Gasteiger partial charge in [-0.15, -0.1) is 0 Å². The number of hydrogen-bond acceptors (Lipinski definition) is 5. The van der Waals surface area contributed by atoms with Crippen molar-refractivity contribution in [2.75, 3.05) is 17.6 Å². The van der Waals surface area contributed by atoms with E-state index in [-0.39, 0.29) is 10.7 Å². The zero-order chi connectivity index (χ0) is 14.6. The molecule has 1 aromatic carbocycles. The summed E-state index contributed by atoms with van der Waals surface area (Å²) in [5.74, 6) is -1.64. The molecular weight excluding hydrogens is 356 g/mol. The first-order chi connectivity index (χ1) is 8.75. The molecule has 0 aliphatic carbocycles. The van der Waals surface area contributed by atoms with Crippen LogP contribution in [0.3, 0.4) is 0 Å². The van der Waals surface area contributed by atoms with Gasteiger partial charge in [0.25, 0.3) is 0 Å². The second kappa shape index (κ2) is 6.31. The summed E-state index contributed by atoms with van der Waals surface area (Å²) in [4.78, 5) is 11.0. The zero-order valence-electron chi connectivity index (χ0n) is 9.84. The van der Waals surface area contributed by atoms with Crippen LogP contribution in [0.5, 0.6) is 0 Å². The number of carbonyl (C=O) groups is 1. The molecule has 0 spiro atoms. The fraction of sp³-hybridized carbons (Fsp3) is 0.200. The molecule has 0 fully saturated rings. The van der Waals surface area contributed by atoms with E-state index in [1.165, 1.54) is 6.07 Å². The van der Waals surface area contributed by atoms with Crippen LogP contribution in [0.1, 0.15) is 5.56 Å². The minimum Gasteiger partial charge on any atom is -0.468 e. The Labute approximate surface area is 124 Å². The number of anilines is 1. The number of ether oxygens (including phenoxy) is 1. The third-order valence-corrected chi connectivity index (χ3v) is 3.91. The minimum atomic E-state index is -3.87. The Morgan fingerprint density at radius 1 is 1.53 bits per heavy atom. The van der Waals surface area contributed by atoms with Crippen molar-refractivity contribution in [1.29, 1.82) is 0 Å². The van der Waals surface area contributed by atoms with Crippen molar-refractivity contribution in [2.45, 2.75) is 0 Å². The summed E-state index contributed by atoms with van der Waals surface area (Å²) in [6, 6.07) is 4.70. The number of halogens is 1. The maximum absolute atomic E-state index is 11.7. The highest BCUT2D eigenvalue weighted by Gasteiger charge is 2.19. The number of benzene rings is 1. The predicted octanol–water partition coefficient (Wildman–Crippen LogP) is 0.998. The first-order valence-electron chi connectivity index (χ1n) is 4.92. The Hall–Kier alpha value is -1.19. The first kappa shape index (κ1) is 15.9. The zero-order valence-corrected chi connectivity index (χ0v) is 13.1. The van der Waals surface area contributed by atoms with Gasteiger partial charge in [-0.2, -0.15) is 0 Å². The van der Waals surface area contributed by atoms with E-state index in [4.69, 9.17) is 18.0 Å². The summed E-state index contributed by atoms with van der Waals surface area (Å²) >= 11 is 8.07. The molecule has 0 saturated carbocycles. The van der Waals surface area contributed by atoms with E-state index in [1.54, 1.807) is 12.1 Å². The number of nitrogens with one attached hydrogen (secondary N) is 1. The second-order valence-corrected chi connectivity index (χ2v) is 6.57. The molecule has 0 saturated heterocycles. The molecule has 3 N–H and O–H groups in total. The Bertz CT molecular complexity index is 616. The molecule has 0 bridgehead atoms. The van der Waals surface area contributed by atoms with Crippen molar-refractivity contribution < 1.29 is 17.9 Å². The van der Waals surface area contributed by atoms with E-state index in [1.807, 2.05) is 0 Å². The van der Waals surface area contributed by atoms with Gasteiger partial charge in [0.1, 0.15) is 4.99 Å². The smallest absolute Gasteiger partial charge is 0.322 e. The van der Waals surface area contributed by atoms with Gasteiger partial charge in [-0.1, -0.05) is 28.1 Å². The third-order valence-electron chi connectivity index (χ3n) is 2.05. The van der Waals surface area contributed by atoms with Gasteiger partial charge in [-0.3, -0.25) is 9.52 Å². The Balaban J connectivity index is 3.06. The van der Waals surface area contributed by atoms with Gasteiger partial charge in [0.2, 0.25) is 10.0 Å². The SMILES string of the molecule is COC(=O)CS(=O)(=O)Nc1ccc(Br)cc1C(N)=S. The van der Waals surface area contributed by atoms with Crippen LogP contribution in [0.25, 0.3) is 0 Å². The van der Waals surface area contributed by atoms with Crippen LogP contribution in [-0.4, -0.2) is 32.2 Å². The number of sulfonamides is 1. The van der Waals surface area contributed by atoms with E-state index >= 15 is 0 Å². The van der Waals surface area contributed by atoms with Gasteiger partial charge < -0.3 is 10.5 Å². The molecule has 0 heterocycles. The molecule has 0 aliphatic heterocycles. The molecule has 19 heavy (non-hydrogen) atoms. The molecule has 0 radical (unpaired) electrons. The molecule has 6 nitrogen and oxygen atoms in total. The van der Waals surface area contributed by atoms with Gasteiger partial charge in [-0.25, -0.2) is 8.42 Å². The van der Waals surface area contributed by atoms with Crippen molar-refractivity contribution in [3.05, 3.63) is 28.2 Å². The van der Waals surface area contributed by atoms with Crippen molar-refractivity contribution in [3.8, 4) is 0 Å². The number of thiocarbonyl (C=S) groups is 1. The summed E-state index contributed by atoms with van der Waals surface area (Å²) in [7, 11) is -2.76. The Morgan fingerprint density at radius 3 is 2.68 bits per heavy atom. The van der Waals surface area contributed by atoms with Crippen molar-refractivity contribution in [1.82, 2.24) is 0 Å². The lowest BCUT2D eigenvalue weighted by molar-refractivity contribution is -0.137. The molecular formula is C10H11BrN2O4S2. The number of esters is 1. The number of rotatable bonds is 5. The molecule has 1 aromatic rings. The lowest BCUT2D eigenvalue weighted by atomic mass is 10.2. The van der Waals surface area contributed by atoms with Crippen LogP contribution in [0.4, 0.5) is 5.69 Å². The lowest BCUT2D eigenvalue weighted by Crippen LogP contribution is -2.25. The highest BCUT2D eigenvalue weighted by Crippen LogP contribution is 2.22. The summed E-state index contributed by atoms with van der Waals surface area (Å²) in [5, 5.41) is 0. The second-order valence-electron chi connectivity index (χ2n) is 3.49. The van der Waals surface area contributed by atoms with E-state index in [2.05, 4.69) is 25.4 Å². The molecule has 1 rings (SSSR count). The highest BCUT2D eigenvalue weighted by molar-refractivity contribution is 9.10. The largest absolute Gasteiger partial charge is 0.468 e. The summed E-state index contributed by atoms with van der Waals surface area (Å²) in [5.41, 5.74) is 6.08. The molecule has 9 heteroatoms. The standard InChI is InChI=1S/C10H11BrN2O4S2/c1-17-9(14)5-19(15,16)13-8-3-2-6(11)4-7(8)10(12)18/h2-4,13H,5H2,1H3,(H2,12,18). The van der Waals surface area contributed by atoms with Crippen molar-refractivity contribution >= 4 is 54.8 Å². The van der Waals surface area contributed by atoms with E-state index in [0.717, 1.165) is 7.11 Å². The maximum atomic E-state index is 11.7. The fourth-order valence-corrected chi connectivity index (χ4v) is 2.77. The van der Waals surface area contributed by atoms with Crippen LogP contribution in [0, 0.1) is 0 Å². The van der Waals surface area contributed by atoms with Crippen LogP contribution >= 0.6 is 28.1 Å². The number of methoxy groups -OCH3 is 1. The predicted molar refractivity (Wildman–Crippen MR) is 79.5 cm³/mol. The fourth-order valence-electron chi connectivity index (χ4n) is 1.23. The first-order valence-corrected chi connectivity index (χ1v) is 7.77. The lowest BCUT2D eigenvalue weighted by Gasteiger charge is -2.11. The topological polar surface area (TPSA) is 98.5 Å². The molecule has 0 aromatic heterocycles. The van der Waals surface area contributed by atoms with E-state index in [9.17, 15) is 13.2 Å². The Kier molecular flexibility index (Phi) is 5.27. The van der Waals surface area contributed by atoms with E-state index < -0.39 is 21.7 Å². The number of carbonyl (C=O) groups excluding carboxylic acids is 1. The normalized spacial score (nSPS) is 10.8. The number of hydrogen-bond donors (Lipinski definition) is 2. The third kappa shape index (κ3) is 4.77. The van der Waals surface area contributed by atoms with Crippen LogP contribution < -0.4 is 10.5 Å². The monoisotopic (exact) mass is 366 g/mol. The van der Waals surface area contributed by atoms with Crippen LogP contribution in [0.15, 0.2) is 22.7 Å². The van der Waals surface area contributed by atoms with Gasteiger partial charge in [0.05, 0.1) is 12.8 Å². The van der Waals surface area contributed by atoms with Gasteiger partial charge in [0, 0.05) is 10.0 Å². The van der Waals surface area contributed by atoms with Crippen molar-refractivity contribution in [2.24, 2.45) is 5.73 Å². The van der Waals surface area contributed by atoms with Gasteiger partial charge in [-0.05, 0) is 18.2 Å². The van der Waals surface area contributed by atoms with Gasteiger partial charge >= 0.3 is 5.97 Å². The van der Waals surface area contributed by atoms with Crippen LogP contribution in [-0.2, 0) is 19.6 Å².